The van der Waals surface area contributed by atoms with Crippen LogP contribution in [-0.4, -0.2) is 48.8 Å². The Morgan fingerprint density at radius 2 is 1.92 bits per heavy atom. The van der Waals surface area contributed by atoms with Gasteiger partial charge in [0.05, 0.1) is 11.3 Å². The van der Waals surface area contributed by atoms with Gasteiger partial charge in [0.15, 0.2) is 0 Å². The number of halogens is 1. The number of piperidine rings is 1. The minimum Gasteiger partial charge on any atom is -0.481 e. The number of nitrogens with one attached hydrogen (secondary N) is 1. The van der Waals surface area contributed by atoms with Crippen LogP contribution in [0.25, 0.3) is 0 Å². The van der Waals surface area contributed by atoms with Crippen LogP contribution in [0.4, 0.5) is 4.39 Å². The van der Waals surface area contributed by atoms with E-state index in [0.717, 1.165) is 16.4 Å². The molecule has 1 atom stereocenters. The van der Waals surface area contributed by atoms with Gasteiger partial charge in [0.2, 0.25) is 15.9 Å². The minimum absolute atomic E-state index is 0.0604. The summed E-state index contributed by atoms with van der Waals surface area (Å²) < 4.78 is 39.6. The second-order valence-electron chi connectivity index (χ2n) is 5.52. The maximum absolute atomic E-state index is 13.0. The van der Waals surface area contributed by atoms with E-state index in [1.54, 1.807) is 0 Å². The van der Waals surface area contributed by atoms with E-state index in [1.165, 1.54) is 12.1 Å². The SMILES string of the molecule is O=C(O)CCNC(=O)[C@H]1CCCCN1S(=O)(=O)c1ccc(F)cc1. The first-order valence-electron chi connectivity index (χ1n) is 7.59. The van der Waals surface area contributed by atoms with Crippen LogP contribution in [0.2, 0.25) is 0 Å². The highest BCUT2D eigenvalue weighted by Crippen LogP contribution is 2.25. The lowest BCUT2D eigenvalue weighted by Crippen LogP contribution is -2.52. The number of hydrogen-bond donors (Lipinski definition) is 2. The van der Waals surface area contributed by atoms with Crippen molar-refractivity contribution in [2.24, 2.45) is 0 Å². The first kappa shape index (κ1) is 18.3. The molecule has 1 amide bonds. The smallest absolute Gasteiger partial charge is 0.305 e. The third-order valence-electron chi connectivity index (χ3n) is 3.81. The standard InChI is InChI=1S/C15H19FN2O5S/c16-11-4-6-12(7-5-11)24(22,23)18-10-2-1-3-13(18)15(21)17-9-8-14(19)20/h4-7,13H,1-3,8-10H2,(H,17,21)(H,19,20)/t13-/m1/s1. The highest BCUT2D eigenvalue weighted by Gasteiger charge is 2.37. The Labute approximate surface area is 139 Å². The van der Waals surface area contributed by atoms with Crippen molar-refractivity contribution in [2.75, 3.05) is 13.1 Å². The Hall–Kier alpha value is -2.00. The molecule has 1 aliphatic rings. The number of carboxylic acids is 1. The predicted octanol–water partition coefficient (Wildman–Crippen LogP) is 0.960. The summed E-state index contributed by atoms with van der Waals surface area (Å²) in [7, 11) is -3.92. The van der Waals surface area contributed by atoms with Crippen LogP contribution in [0.3, 0.4) is 0 Å². The van der Waals surface area contributed by atoms with E-state index in [1.807, 2.05) is 0 Å². The topological polar surface area (TPSA) is 104 Å². The molecule has 0 radical (unpaired) electrons. The summed E-state index contributed by atoms with van der Waals surface area (Å²) in [4.78, 5) is 22.7. The average Bonchev–Trinajstić information content (AvgIpc) is 2.55. The predicted molar refractivity (Wildman–Crippen MR) is 83.2 cm³/mol. The van der Waals surface area contributed by atoms with Crippen LogP contribution in [0.5, 0.6) is 0 Å². The quantitative estimate of drug-likeness (QED) is 0.788. The van der Waals surface area contributed by atoms with Gasteiger partial charge in [-0.2, -0.15) is 4.31 Å². The number of rotatable bonds is 6. The molecule has 0 bridgehead atoms. The van der Waals surface area contributed by atoms with Crippen molar-refractivity contribution in [3.05, 3.63) is 30.1 Å². The van der Waals surface area contributed by atoms with Crippen molar-refractivity contribution in [2.45, 2.75) is 36.6 Å². The molecule has 0 spiro atoms. The van der Waals surface area contributed by atoms with Crippen molar-refractivity contribution in [1.82, 2.24) is 9.62 Å². The zero-order valence-electron chi connectivity index (χ0n) is 12.9. The molecule has 7 nitrogen and oxygen atoms in total. The molecule has 1 heterocycles. The van der Waals surface area contributed by atoms with Gasteiger partial charge in [-0.25, -0.2) is 12.8 Å². The number of aliphatic carboxylic acids is 1. The van der Waals surface area contributed by atoms with E-state index < -0.39 is 33.8 Å². The van der Waals surface area contributed by atoms with Crippen molar-refractivity contribution >= 4 is 21.9 Å². The number of hydrogen-bond acceptors (Lipinski definition) is 4. The van der Waals surface area contributed by atoms with E-state index in [0.29, 0.717) is 19.3 Å². The van der Waals surface area contributed by atoms with Crippen molar-refractivity contribution in [1.29, 1.82) is 0 Å². The molecule has 0 unspecified atom stereocenters. The lowest BCUT2D eigenvalue weighted by atomic mass is 10.0. The van der Waals surface area contributed by atoms with Gasteiger partial charge in [0, 0.05) is 13.1 Å². The number of nitrogens with zero attached hydrogens (tertiary/aromatic N) is 1. The average molecular weight is 358 g/mol. The van der Waals surface area contributed by atoms with Gasteiger partial charge in [-0.05, 0) is 37.1 Å². The van der Waals surface area contributed by atoms with E-state index in [2.05, 4.69) is 5.32 Å². The number of benzene rings is 1. The third-order valence-corrected chi connectivity index (χ3v) is 5.74. The molecule has 0 saturated carbocycles. The van der Waals surface area contributed by atoms with Crippen LogP contribution in [0.15, 0.2) is 29.2 Å². The first-order valence-corrected chi connectivity index (χ1v) is 9.03. The van der Waals surface area contributed by atoms with Gasteiger partial charge in [0.1, 0.15) is 11.9 Å². The zero-order valence-corrected chi connectivity index (χ0v) is 13.8. The van der Waals surface area contributed by atoms with Gasteiger partial charge in [-0.15, -0.1) is 0 Å². The molecular weight excluding hydrogens is 339 g/mol. The number of carboxylic acid groups (broad SMARTS) is 1. The van der Waals surface area contributed by atoms with E-state index in [4.69, 9.17) is 5.11 Å². The molecule has 1 saturated heterocycles. The highest BCUT2D eigenvalue weighted by molar-refractivity contribution is 7.89. The van der Waals surface area contributed by atoms with Crippen molar-refractivity contribution in [3.8, 4) is 0 Å². The number of carbonyl (C=O) groups is 2. The molecule has 1 fully saturated rings. The van der Waals surface area contributed by atoms with Gasteiger partial charge >= 0.3 is 5.97 Å². The zero-order chi connectivity index (χ0) is 17.7. The summed E-state index contributed by atoms with van der Waals surface area (Å²) >= 11 is 0. The Morgan fingerprint density at radius 1 is 1.25 bits per heavy atom. The summed E-state index contributed by atoms with van der Waals surface area (Å²) in [5.74, 6) is -2.10. The fourth-order valence-corrected chi connectivity index (χ4v) is 4.26. The van der Waals surface area contributed by atoms with Crippen LogP contribution in [0, 0.1) is 5.82 Å². The maximum Gasteiger partial charge on any atom is 0.305 e. The maximum atomic E-state index is 13.0. The van der Waals surface area contributed by atoms with Gasteiger partial charge in [-0.3, -0.25) is 9.59 Å². The van der Waals surface area contributed by atoms with Crippen LogP contribution < -0.4 is 5.32 Å². The molecule has 1 aromatic carbocycles. The fraction of sp³-hybridized carbons (Fsp3) is 0.467. The lowest BCUT2D eigenvalue weighted by molar-refractivity contribution is -0.137. The molecule has 2 rings (SSSR count). The molecule has 9 heteroatoms. The fourth-order valence-electron chi connectivity index (χ4n) is 2.61. The van der Waals surface area contributed by atoms with Crippen LogP contribution >= 0.6 is 0 Å². The summed E-state index contributed by atoms with van der Waals surface area (Å²) in [5, 5.41) is 11.1. The van der Waals surface area contributed by atoms with Crippen molar-refractivity contribution in [3.63, 3.8) is 0 Å². The normalized spacial score (nSPS) is 19.0. The van der Waals surface area contributed by atoms with E-state index >= 15 is 0 Å². The lowest BCUT2D eigenvalue weighted by Gasteiger charge is -2.33. The molecule has 2 N–H and O–H groups in total. The molecule has 0 aliphatic carbocycles. The third kappa shape index (κ3) is 4.30. The molecular formula is C15H19FN2O5S. The molecule has 0 aromatic heterocycles. The second-order valence-corrected chi connectivity index (χ2v) is 7.41. The summed E-state index contributed by atoms with van der Waals surface area (Å²) in [6, 6.07) is 3.55. The highest BCUT2D eigenvalue weighted by atomic mass is 32.2. The van der Waals surface area contributed by atoms with E-state index in [9.17, 15) is 22.4 Å². The molecule has 1 aromatic rings. The van der Waals surface area contributed by atoms with Crippen LogP contribution in [-0.2, 0) is 19.6 Å². The molecule has 24 heavy (non-hydrogen) atoms. The summed E-state index contributed by atoms with van der Waals surface area (Å²) in [6.45, 7) is 0.131. The van der Waals surface area contributed by atoms with Crippen molar-refractivity contribution < 1.29 is 27.5 Å². The van der Waals surface area contributed by atoms with E-state index in [-0.39, 0.29) is 24.4 Å². The Bertz CT molecular complexity index is 705. The number of carbonyl (C=O) groups excluding carboxylic acids is 1. The monoisotopic (exact) mass is 358 g/mol. The Kier molecular flexibility index (Phi) is 5.89. The molecule has 132 valence electrons. The first-order chi connectivity index (χ1) is 11.3. The summed E-state index contributed by atoms with van der Waals surface area (Å²) in [5.41, 5.74) is 0. The second kappa shape index (κ2) is 7.71. The Balaban J connectivity index is 2.17. The number of amides is 1. The van der Waals surface area contributed by atoms with Crippen LogP contribution in [0.1, 0.15) is 25.7 Å². The number of sulfonamides is 1. The summed E-state index contributed by atoms with van der Waals surface area (Å²) in [6.07, 6.45) is 1.45. The largest absolute Gasteiger partial charge is 0.481 e. The van der Waals surface area contributed by atoms with Gasteiger partial charge in [0.25, 0.3) is 0 Å². The minimum atomic E-state index is -3.92. The van der Waals surface area contributed by atoms with Gasteiger partial charge in [-0.1, -0.05) is 6.42 Å². The van der Waals surface area contributed by atoms with Gasteiger partial charge < -0.3 is 10.4 Å². The molecule has 1 aliphatic heterocycles. The Morgan fingerprint density at radius 3 is 2.54 bits per heavy atom.